The molecule has 0 aromatic rings. The Hall–Kier alpha value is 0.390. The van der Waals surface area contributed by atoms with Crippen molar-refractivity contribution in [3.05, 3.63) is 0 Å². The fourth-order valence-corrected chi connectivity index (χ4v) is 3.26. The summed E-state index contributed by atoms with van der Waals surface area (Å²) in [6.45, 7) is 2.75. The molecule has 0 amide bonds. The molecule has 0 bridgehead atoms. The molecule has 90 valence electrons. The first-order valence-corrected chi connectivity index (χ1v) is 8.34. The summed E-state index contributed by atoms with van der Waals surface area (Å²) < 4.78 is 25.6. The van der Waals surface area contributed by atoms with Crippen molar-refractivity contribution in [2.75, 3.05) is 17.6 Å². The van der Waals surface area contributed by atoms with Crippen molar-refractivity contribution in [2.24, 2.45) is 11.8 Å². The number of alkyl halides is 1. The number of halogens is 1. The van der Waals surface area contributed by atoms with Crippen LogP contribution in [0.3, 0.4) is 0 Å². The predicted molar refractivity (Wildman–Crippen MR) is 66.7 cm³/mol. The molecule has 0 heterocycles. The lowest BCUT2D eigenvalue weighted by Gasteiger charge is -2.08. The summed E-state index contributed by atoms with van der Waals surface area (Å²) >= 11 is 3.41. The monoisotopic (exact) mass is 297 g/mol. The quantitative estimate of drug-likeness (QED) is 0.551. The van der Waals surface area contributed by atoms with Crippen molar-refractivity contribution < 1.29 is 8.42 Å². The molecule has 1 rings (SSSR count). The molecule has 5 heteroatoms. The molecule has 1 aliphatic rings. The maximum atomic E-state index is 11.5. The molecule has 0 saturated heterocycles. The highest BCUT2D eigenvalue weighted by Gasteiger charge is 2.27. The lowest BCUT2D eigenvalue weighted by Crippen LogP contribution is -2.28. The van der Waals surface area contributed by atoms with Gasteiger partial charge in [-0.1, -0.05) is 22.9 Å². The highest BCUT2D eigenvalue weighted by atomic mass is 79.9. The van der Waals surface area contributed by atoms with E-state index in [1.807, 2.05) is 0 Å². The Morgan fingerprint density at radius 1 is 1.47 bits per heavy atom. The van der Waals surface area contributed by atoms with E-state index in [-0.39, 0.29) is 0 Å². The zero-order chi connectivity index (χ0) is 11.3. The minimum absolute atomic E-state index is 0.334. The van der Waals surface area contributed by atoms with Crippen LogP contribution in [-0.4, -0.2) is 26.0 Å². The molecule has 1 atom stereocenters. The van der Waals surface area contributed by atoms with Crippen molar-refractivity contribution in [1.82, 2.24) is 4.72 Å². The van der Waals surface area contributed by atoms with Crippen LogP contribution in [-0.2, 0) is 10.0 Å². The number of hydrogen-bond acceptors (Lipinski definition) is 2. The average Bonchev–Trinajstić information content (AvgIpc) is 2.95. The summed E-state index contributed by atoms with van der Waals surface area (Å²) in [6.07, 6.45) is 4.16. The van der Waals surface area contributed by atoms with Crippen LogP contribution in [0.2, 0.25) is 0 Å². The topological polar surface area (TPSA) is 46.2 Å². The lowest BCUT2D eigenvalue weighted by molar-refractivity contribution is 0.545. The van der Waals surface area contributed by atoms with Gasteiger partial charge in [0.2, 0.25) is 10.0 Å². The Bertz CT molecular complexity index is 275. The van der Waals surface area contributed by atoms with Crippen LogP contribution in [0.1, 0.15) is 32.6 Å². The molecule has 1 aliphatic carbocycles. The van der Waals surface area contributed by atoms with Crippen molar-refractivity contribution >= 4 is 26.0 Å². The molecule has 1 N–H and O–H groups in total. The third kappa shape index (κ3) is 6.53. The van der Waals surface area contributed by atoms with E-state index in [2.05, 4.69) is 27.6 Å². The second kappa shape index (κ2) is 6.21. The van der Waals surface area contributed by atoms with Gasteiger partial charge in [0.1, 0.15) is 0 Å². The summed E-state index contributed by atoms with van der Waals surface area (Å²) in [5, 5.41) is 0.988. The van der Waals surface area contributed by atoms with Crippen LogP contribution in [0.25, 0.3) is 0 Å². The zero-order valence-corrected chi connectivity index (χ0v) is 11.6. The smallest absolute Gasteiger partial charge is 0.211 e. The van der Waals surface area contributed by atoms with Crippen LogP contribution in [0, 0.1) is 11.8 Å². The van der Waals surface area contributed by atoms with E-state index in [1.165, 1.54) is 0 Å². The number of sulfonamides is 1. The molecular formula is C10H20BrNO2S. The molecule has 0 spiro atoms. The van der Waals surface area contributed by atoms with Crippen molar-refractivity contribution in [1.29, 1.82) is 0 Å². The molecular weight excluding hydrogens is 278 g/mol. The summed E-state index contributed by atoms with van der Waals surface area (Å²) in [7, 11) is -2.98. The first kappa shape index (κ1) is 13.5. The maximum absolute atomic E-state index is 11.5. The second-order valence-corrected chi connectivity index (χ2v) is 7.02. The standard InChI is InChI=1S/C10H20BrNO2S/c1-9(7-11)3-2-6-12-15(13,14)8-10-4-5-10/h9-10,12H,2-8H2,1H3. The van der Waals surface area contributed by atoms with Gasteiger partial charge in [0.15, 0.2) is 0 Å². The Balaban J connectivity index is 2.07. The first-order valence-electron chi connectivity index (χ1n) is 5.57. The van der Waals surface area contributed by atoms with E-state index < -0.39 is 10.0 Å². The third-order valence-corrected chi connectivity index (χ3v) is 5.27. The zero-order valence-electron chi connectivity index (χ0n) is 9.21. The van der Waals surface area contributed by atoms with Crippen LogP contribution in [0.5, 0.6) is 0 Å². The van der Waals surface area contributed by atoms with E-state index in [9.17, 15) is 8.42 Å². The van der Waals surface area contributed by atoms with Gasteiger partial charge in [-0.3, -0.25) is 0 Å². The molecule has 0 aromatic heterocycles. The van der Waals surface area contributed by atoms with Crippen LogP contribution in [0.15, 0.2) is 0 Å². The normalized spacial score (nSPS) is 19.1. The Morgan fingerprint density at radius 2 is 2.13 bits per heavy atom. The van der Waals surface area contributed by atoms with Gasteiger partial charge < -0.3 is 0 Å². The lowest BCUT2D eigenvalue weighted by atomic mass is 10.1. The molecule has 0 aromatic carbocycles. The molecule has 1 saturated carbocycles. The second-order valence-electron chi connectivity index (χ2n) is 4.52. The van der Waals surface area contributed by atoms with Gasteiger partial charge >= 0.3 is 0 Å². The van der Waals surface area contributed by atoms with Crippen molar-refractivity contribution in [3.8, 4) is 0 Å². The van der Waals surface area contributed by atoms with Gasteiger partial charge in [-0.25, -0.2) is 13.1 Å². The number of nitrogens with one attached hydrogen (secondary N) is 1. The summed E-state index contributed by atoms with van der Waals surface area (Å²) in [4.78, 5) is 0. The Kier molecular flexibility index (Phi) is 5.57. The fourth-order valence-electron chi connectivity index (χ4n) is 1.41. The highest BCUT2D eigenvalue weighted by Crippen LogP contribution is 2.29. The maximum Gasteiger partial charge on any atom is 0.211 e. The van der Waals surface area contributed by atoms with E-state index in [4.69, 9.17) is 0 Å². The highest BCUT2D eigenvalue weighted by molar-refractivity contribution is 9.09. The average molecular weight is 298 g/mol. The fraction of sp³-hybridized carbons (Fsp3) is 1.00. The van der Waals surface area contributed by atoms with Gasteiger partial charge in [-0.2, -0.15) is 0 Å². The van der Waals surface area contributed by atoms with Gasteiger partial charge in [0.05, 0.1) is 5.75 Å². The van der Waals surface area contributed by atoms with Crippen molar-refractivity contribution in [3.63, 3.8) is 0 Å². The van der Waals surface area contributed by atoms with Gasteiger partial charge in [-0.05, 0) is 37.5 Å². The molecule has 0 radical (unpaired) electrons. The van der Waals surface area contributed by atoms with Gasteiger partial charge in [0, 0.05) is 11.9 Å². The minimum Gasteiger partial charge on any atom is -0.215 e. The van der Waals surface area contributed by atoms with Crippen LogP contribution in [0.4, 0.5) is 0 Å². The van der Waals surface area contributed by atoms with E-state index >= 15 is 0 Å². The SMILES string of the molecule is CC(CBr)CCCNS(=O)(=O)CC1CC1. The minimum atomic E-state index is -2.98. The van der Waals surface area contributed by atoms with E-state index in [0.717, 1.165) is 31.0 Å². The molecule has 0 aliphatic heterocycles. The van der Waals surface area contributed by atoms with Gasteiger partial charge in [0.25, 0.3) is 0 Å². The molecule has 1 fully saturated rings. The molecule has 1 unspecified atom stereocenters. The summed E-state index contributed by atoms with van der Waals surface area (Å²) in [6, 6.07) is 0. The summed E-state index contributed by atoms with van der Waals surface area (Å²) in [5.74, 6) is 1.39. The third-order valence-electron chi connectivity index (χ3n) is 2.61. The van der Waals surface area contributed by atoms with Crippen molar-refractivity contribution in [2.45, 2.75) is 32.6 Å². The van der Waals surface area contributed by atoms with Crippen LogP contribution < -0.4 is 4.72 Å². The van der Waals surface area contributed by atoms with E-state index in [0.29, 0.717) is 24.1 Å². The molecule has 15 heavy (non-hydrogen) atoms. The predicted octanol–water partition coefficient (Wildman–Crippen LogP) is 2.13. The first-order chi connectivity index (χ1) is 7.03. The van der Waals surface area contributed by atoms with Crippen LogP contribution >= 0.6 is 15.9 Å². The Morgan fingerprint density at radius 3 is 2.67 bits per heavy atom. The molecule has 3 nitrogen and oxygen atoms in total. The van der Waals surface area contributed by atoms with E-state index in [1.54, 1.807) is 0 Å². The summed E-state index contributed by atoms with van der Waals surface area (Å²) in [5.41, 5.74) is 0. The number of rotatable bonds is 8. The number of hydrogen-bond donors (Lipinski definition) is 1. The van der Waals surface area contributed by atoms with Gasteiger partial charge in [-0.15, -0.1) is 0 Å². The largest absolute Gasteiger partial charge is 0.215 e. The Labute approximate surface area is 101 Å².